The van der Waals surface area contributed by atoms with Gasteiger partial charge in [-0.25, -0.2) is 4.79 Å². The number of hydrogen-bond acceptors (Lipinski definition) is 4. The van der Waals surface area contributed by atoms with Crippen LogP contribution in [0, 0.1) is 0 Å². The van der Waals surface area contributed by atoms with Crippen LogP contribution in [-0.2, 0) is 4.79 Å². The number of carbonyl (C=O) groups excluding carboxylic acids is 2. The summed E-state index contributed by atoms with van der Waals surface area (Å²) in [4.78, 5) is 36.4. The van der Waals surface area contributed by atoms with Gasteiger partial charge in [0.1, 0.15) is 0 Å². The Morgan fingerprint density at radius 2 is 1.33 bits per heavy atom. The highest BCUT2D eigenvalue weighted by Gasteiger charge is 2.46. The zero-order valence-electron chi connectivity index (χ0n) is 9.86. The van der Waals surface area contributed by atoms with E-state index in [1.165, 1.54) is 0 Å². The van der Waals surface area contributed by atoms with Crippen molar-refractivity contribution < 1.29 is 24.6 Å². The van der Waals surface area contributed by atoms with Crippen LogP contribution in [0.25, 0.3) is 0 Å². The second-order valence-electron chi connectivity index (χ2n) is 4.02. The number of carbonyl (C=O) groups is 3. The van der Waals surface area contributed by atoms with Gasteiger partial charge in [0.2, 0.25) is 0 Å². The minimum atomic E-state index is -1.63. The van der Waals surface area contributed by atoms with Crippen molar-refractivity contribution in [3.05, 3.63) is 29.0 Å². The van der Waals surface area contributed by atoms with Crippen molar-refractivity contribution in [3.8, 4) is 0 Å². The SMILES string of the molecule is O=C(O)[C@H](CO)N1C(=O)c2c(Br)c(Br)c(Br)c(Br)c2C1=O. The summed E-state index contributed by atoms with van der Waals surface area (Å²) in [5.74, 6) is -3.02. The highest BCUT2D eigenvalue weighted by molar-refractivity contribution is 9.15. The molecule has 1 heterocycles. The van der Waals surface area contributed by atoms with Gasteiger partial charge in [-0.1, -0.05) is 0 Å². The second kappa shape index (κ2) is 6.07. The Hall–Kier alpha value is -0.290. The van der Waals surface area contributed by atoms with Crippen molar-refractivity contribution in [3.63, 3.8) is 0 Å². The lowest BCUT2D eigenvalue weighted by atomic mass is 10.1. The van der Waals surface area contributed by atoms with Crippen molar-refractivity contribution in [1.29, 1.82) is 0 Å². The molecule has 1 atom stereocenters. The number of halogens is 4. The molecule has 1 aliphatic heterocycles. The third kappa shape index (κ3) is 2.50. The van der Waals surface area contributed by atoms with E-state index >= 15 is 0 Å². The van der Waals surface area contributed by atoms with Gasteiger partial charge in [0, 0.05) is 17.9 Å². The molecule has 0 saturated heterocycles. The molecule has 0 bridgehead atoms. The fourth-order valence-corrected chi connectivity index (χ4v) is 4.38. The maximum atomic E-state index is 12.4. The Morgan fingerprint density at radius 3 is 1.62 bits per heavy atom. The highest BCUT2D eigenvalue weighted by atomic mass is 79.9. The molecule has 0 aromatic heterocycles. The molecule has 0 saturated carbocycles. The number of benzene rings is 1. The Labute approximate surface area is 152 Å². The average molecular weight is 551 g/mol. The third-order valence-electron chi connectivity index (χ3n) is 2.90. The monoisotopic (exact) mass is 547 g/mol. The molecule has 1 aliphatic rings. The van der Waals surface area contributed by atoms with Crippen LogP contribution in [0.15, 0.2) is 17.9 Å². The molecule has 0 radical (unpaired) electrons. The Bertz CT molecular complexity index is 643. The maximum absolute atomic E-state index is 12.4. The number of aliphatic carboxylic acids is 1. The molecule has 0 unspecified atom stereocenters. The summed E-state index contributed by atoms with van der Waals surface area (Å²) in [5.41, 5.74) is 0.0864. The van der Waals surface area contributed by atoms with E-state index in [-0.39, 0.29) is 11.1 Å². The fraction of sp³-hybridized carbons (Fsp3) is 0.182. The van der Waals surface area contributed by atoms with Gasteiger partial charge in [-0.2, -0.15) is 0 Å². The quantitative estimate of drug-likeness (QED) is 0.343. The molecule has 2 rings (SSSR count). The van der Waals surface area contributed by atoms with Crippen molar-refractivity contribution in [2.75, 3.05) is 6.61 Å². The molecule has 1 aromatic rings. The van der Waals surface area contributed by atoms with E-state index in [4.69, 9.17) is 10.2 Å². The number of nitrogens with zero attached hydrogens (tertiary/aromatic N) is 1. The Morgan fingerprint density at radius 1 is 0.952 bits per heavy atom. The summed E-state index contributed by atoms with van der Waals surface area (Å²) in [5, 5.41) is 18.2. The number of rotatable bonds is 3. The second-order valence-corrected chi connectivity index (χ2v) is 7.19. The number of aliphatic hydroxyl groups excluding tert-OH is 1. The molecule has 10 heteroatoms. The molecule has 6 nitrogen and oxygen atoms in total. The van der Waals surface area contributed by atoms with Crippen molar-refractivity contribution >= 4 is 81.5 Å². The van der Waals surface area contributed by atoms with Crippen LogP contribution in [-0.4, -0.2) is 45.5 Å². The molecule has 0 fully saturated rings. The predicted octanol–water partition coefficient (Wildman–Crippen LogP) is 2.78. The minimum absolute atomic E-state index is 0.0432. The number of fused-ring (bicyclic) bond motifs is 1. The molecule has 0 aliphatic carbocycles. The van der Waals surface area contributed by atoms with E-state index in [2.05, 4.69) is 63.7 Å². The molecule has 2 amide bonds. The van der Waals surface area contributed by atoms with Crippen molar-refractivity contribution in [1.82, 2.24) is 4.90 Å². The van der Waals surface area contributed by atoms with E-state index in [9.17, 15) is 14.4 Å². The lowest BCUT2D eigenvalue weighted by Crippen LogP contribution is -2.47. The Kier molecular flexibility index (Phi) is 4.94. The van der Waals surface area contributed by atoms with E-state index < -0.39 is 30.4 Å². The average Bonchev–Trinajstić information content (AvgIpc) is 2.68. The molecule has 0 spiro atoms. The fourth-order valence-electron chi connectivity index (χ4n) is 1.92. The van der Waals surface area contributed by atoms with Crippen LogP contribution < -0.4 is 0 Å². The first-order chi connectivity index (χ1) is 9.73. The molecule has 1 aromatic carbocycles. The van der Waals surface area contributed by atoms with Gasteiger partial charge < -0.3 is 10.2 Å². The first-order valence-electron chi connectivity index (χ1n) is 5.31. The summed E-state index contributed by atoms with van der Waals surface area (Å²) in [6, 6.07) is -1.63. The number of amides is 2. The summed E-state index contributed by atoms with van der Waals surface area (Å²) < 4.78 is 1.67. The van der Waals surface area contributed by atoms with Gasteiger partial charge in [0.15, 0.2) is 6.04 Å². The normalized spacial score (nSPS) is 15.4. The van der Waals surface area contributed by atoms with Crippen LogP contribution in [0.3, 0.4) is 0 Å². The van der Waals surface area contributed by atoms with E-state index in [1.807, 2.05) is 0 Å². The van der Waals surface area contributed by atoms with Crippen LogP contribution in [0.4, 0.5) is 0 Å². The van der Waals surface area contributed by atoms with Crippen LogP contribution in [0.5, 0.6) is 0 Å². The van der Waals surface area contributed by atoms with Gasteiger partial charge in [-0.15, -0.1) is 0 Å². The van der Waals surface area contributed by atoms with Crippen LogP contribution in [0.1, 0.15) is 20.7 Å². The number of hydrogen-bond donors (Lipinski definition) is 2. The summed E-state index contributed by atoms with van der Waals surface area (Å²) in [7, 11) is 0. The lowest BCUT2D eigenvalue weighted by molar-refractivity contribution is -0.142. The zero-order valence-corrected chi connectivity index (χ0v) is 16.2. The first-order valence-corrected chi connectivity index (χ1v) is 8.48. The van der Waals surface area contributed by atoms with Gasteiger partial charge in [0.05, 0.1) is 17.7 Å². The smallest absolute Gasteiger partial charge is 0.329 e. The topological polar surface area (TPSA) is 94.9 Å². The summed E-state index contributed by atoms with van der Waals surface area (Å²) >= 11 is 12.9. The third-order valence-corrected chi connectivity index (χ3v) is 7.67. The summed E-state index contributed by atoms with van der Waals surface area (Å²) in [6.07, 6.45) is 0. The largest absolute Gasteiger partial charge is 0.480 e. The molecular formula is C11H5Br4NO5. The zero-order chi connectivity index (χ0) is 16.1. The van der Waals surface area contributed by atoms with Crippen molar-refractivity contribution in [2.24, 2.45) is 0 Å². The molecular weight excluding hydrogens is 546 g/mol. The molecule has 21 heavy (non-hydrogen) atoms. The van der Waals surface area contributed by atoms with Crippen molar-refractivity contribution in [2.45, 2.75) is 6.04 Å². The van der Waals surface area contributed by atoms with E-state index in [0.717, 1.165) is 0 Å². The predicted molar refractivity (Wildman–Crippen MR) is 86.3 cm³/mol. The minimum Gasteiger partial charge on any atom is -0.480 e. The van der Waals surface area contributed by atoms with Crippen LogP contribution in [0.2, 0.25) is 0 Å². The lowest BCUT2D eigenvalue weighted by Gasteiger charge is -2.20. The number of imide groups is 1. The highest BCUT2D eigenvalue weighted by Crippen LogP contribution is 2.45. The standard InChI is InChI=1S/C11H5Br4NO5/c12-5-3-4(6(13)8(15)7(5)14)10(19)16(9(3)18)2(1-17)11(20)21/h2,17H,1H2,(H,20,21)/t2-/m0/s1. The maximum Gasteiger partial charge on any atom is 0.329 e. The number of carboxylic acids is 1. The number of carboxylic acid groups (broad SMARTS) is 1. The molecule has 2 N–H and O–H groups in total. The van der Waals surface area contributed by atoms with E-state index in [0.29, 0.717) is 22.8 Å². The van der Waals surface area contributed by atoms with Gasteiger partial charge in [-0.3, -0.25) is 14.5 Å². The number of aliphatic hydroxyl groups is 1. The van der Waals surface area contributed by atoms with E-state index in [1.54, 1.807) is 0 Å². The van der Waals surface area contributed by atoms with Gasteiger partial charge in [-0.05, 0) is 63.7 Å². The first kappa shape index (κ1) is 17.1. The van der Waals surface area contributed by atoms with Gasteiger partial charge >= 0.3 is 5.97 Å². The van der Waals surface area contributed by atoms with Gasteiger partial charge in [0.25, 0.3) is 11.8 Å². The molecule has 112 valence electrons. The Balaban J connectivity index is 2.71. The summed E-state index contributed by atoms with van der Waals surface area (Å²) in [6.45, 7) is -0.863. The van der Waals surface area contributed by atoms with Crippen LogP contribution >= 0.6 is 63.7 Å².